The van der Waals surface area contributed by atoms with Gasteiger partial charge in [0.25, 0.3) is 0 Å². The maximum Gasteiger partial charge on any atom is 0.426 e. The molecule has 2 rings (SSSR count). The van der Waals surface area contributed by atoms with E-state index in [0.29, 0.717) is 17.0 Å². The quantitative estimate of drug-likeness (QED) is 0.488. The van der Waals surface area contributed by atoms with Gasteiger partial charge in [-0.25, -0.2) is 22.6 Å². The fourth-order valence-corrected chi connectivity index (χ4v) is 2.86. The van der Waals surface area contributed by atoms with Crippen LogP contribution < -0.4 is 10.7 Å². The molecule has 0 spiro atoms. The fraction of sp³-hybridized carbons (Fsp3) is 0.176. The summed E-state index contributed by atoms with van der Waals surface area (Å²) in [6.45, 7) is 1.38. The normalized spacial score (nSPS) is 12.1. The van der Waals surface area contributed by atoms with Gasteiger partial charge in [0.2, 0.25) is 0 Å². The van der Waals surface area contributed by atoms with Crippen LogP contribution in [0.5, 0.6) is 0 Å². The smallest absolute Gasteiger partial charge is 0.426 e. The van der Waals surface area contributed by atoms with Crippen LogP contribution in [0.15, 0.2) is 47.4 Å². The molecule has 144 valence electrons. The van der Waals surface area contributed by atoms with Crippen molar-refractivity contribution in [2.45, 2.75) is 17.9 Å². The van der Waals surface area contributed by atoms with Crippen molar-refractivity contribution in [3.05, 3.63) is 48.3 Å². The number of nitrogens with one attached hydrogen (secondary N) is 2. The molecule has 8 nitrogen and oxygen atoms in total. The molecule has 0 aromatic heterocycles. The summed E-state index contributed by atoms with van der Waals surface area (Å²) in [5.74, 6) is -0.590. The monoisotopic (exact) mass is 395 g/mol. The second-order valence-corrected chi connectivity index (χ2v) is 7.77. The molecule has 0 bridgehead atoms. The molecule has 0 saturated carbocycles. The molecule has 27 heavy (non-hydrogen) atoms. The van der Waals surface area contributed by atoms with Crippen LogP contribution in [-0.4, -0.2) is 43.2 Å². The van der Waals surface area contributed by atoms with E-state index in [4.69, 9.17) is 0 Å². The maximum atomic E-state index is 13.7. The van der Waals surface area contributed by atoms with Crippen LogP contribution in [0.3, 0.4) is 0 Å². The highest BCUT2D eigenvalue weighted by atomic mass is 32.2. The zero-order chi connectivity index (χ0) is 20.2. The Labute approximate surface area is 155 Å². The van der Waals surface area contributed by atoms with E-state index in [2.05, 4.69) is 10.7 Å². The summed E-state index contributed by atoms with van der Waals surface area (Å²) < 4.78 is 37.1. The molecule has 10 heteroatoms. The molecule has 1 unspecified atom stereocenters. The number of carbonyl (C=O) groups excluding carboxylic acids is 1. The molecule has 0 aliphatic rings. The Kier molecular flexibility index (Phi) is 6.01. The van der Waals surface area contributed by atoms with Crippen molar-refractivity contribution in [1.29, 1.82) is 0 Å². The van der Waals surface area contributed by atoms with E-state index >= 15 is 0 Å². The van der Waals surface area contributed by atoms with E-state index in [9.17, 15) is 27.5 Å². The number of carboxylic acid groups (broad SMARTS) is 1. The van der Waals surface area contributed by atoms with Crippen LogP contribution in [0, 0.1) is 5.82 Å². The Morgan fingerprint density at radius 2 is 1.93 bits per heavy atom. The number of anilines is 3. The minimum Gasteiger partial charge on any atom is -0.464 e. The maximum absolute atomic E-state index is 13.7. The molecule has 0 fully saturated rings. The van der Waals surface area contributed by atoms with Gasteiger partial charge in [-0.2, -0.15) is 0 Å². The average Bonchev–Trinajstić information content (AvgIpc) is 2.59. The third-order valence-corrected chi connectivity index (χ3v) is 4.68. The molecule has 0 aliphatic carbocycles. The van der Waals surface area contributed by atoms with Gasteiger partial charge >= 0.3 is 6.09 Å². The molecule has 0 saturated heterocycles. The van der Waals surface area contributed by atoms with E-state index in [-0.39, 0.29) is 16.3 Å². The first-order valence-corrected chi connectivity index (χ1v) is 9.62. The lowest BCUT2D eigenvalue weighted by atomic mass is 10.2. The zero-order valence-electron chi connectivity index (χ0n) is 14.5. The molecule has 0 heterocycles. The van der Waals surface area contributed by atoms with Crippen molar-refractivity contribution in [3.8, 4) is 0 Å². The Hall–Kier alpha value is -3.14. The van der Waals surface area contributed by atoms with Crippen LogP contribution in [0.1, 0.15) is 6.92 Å². The molecule has 3 N–H and O–H groups in total. The van der Waals surface area contributed by atoms with E-state index in [1.165, 1.54) is 31.2 Å². The highest BCUT2D eigenvalue weighted by molar-refractivity contribution is 7.90. The summed E-state index contributed by atoms with van der Waals surface area (Å²) in [5.41, 5.74) is 3.24. The van der Waals surface area contributed by atoms with Gasteiger partial charge in [-0.15, -0.1) is 0 Å². The van der Waals surface area contributed by atoms with E-state index in [0.717, 1.165) is 18.4 Å². The highest BCUT2D eigenvalue weighted by Gasteiger charge is 2.20. The van der Waals surface area contributed by atoms with Crippen LogP contribution >= 0.6 is 0 Å². The van der Waals surface area contributed by atoms with Gasteiger partial charge in [-0.3, -0.25) is 5.43 Å². The SMILES string of the molecule is CC(C=O)N(Nc1ccc(F)cc1Nc1cccc(S(C)(=O)=O)c1)C(=O)O. The molecule has 0 radical (unpaired) electrons. The molecule has 2 aromatic rings. The number of hydrogen-bond donors (Lipinski definition) is 3. The number of hydrazine groups is 1. The largest absolute Gasteiger partial charge is 0.464 e. The second kappa shape index (κ2) is 8.04. The van der Waals surface area contributed by atoms with Gasteiger partial charge in [0.15, 0.2) is 9.84 Å². The number of halogens is 1. The predicted molar refractivity (Wildman–Crippen MR) is 98.2 cm³/mol. The van der Waals surface area contributed by atoms with Crippen LogP contribution in [0.4, 0.5) is 26.2 Å². The van der Waals surface area contributed by atoms with E-state index in [1.54, 1.807) is 6.07 Å². The Balaban J connectivity index is 2.39. The topological polar surface area (TPSA) is 116 Å². The van der Waals surface area contributed by atoms with Gasteiger partial charge in [0.1, 0.15) is 18.1 Å². The van der Waals surface area contributed by atoms with Crippen LogP contribution in [-0.2, 0) is 14.6 Å². The van der Waals surface area contributed by atoms with Gasteiger partial charge in [0.05, 0.1) is 16.3 Å². The van der Waals surface area contributed by atoms with E-state index in [1.807, 2.05) is 0 Å². The number of amides is 1. The van der Waals surface area contributed by atoms with Gasteiger partial charge in [-0.05, 0) is 43.3 Å². The number of carbonyl (C=O) groups is 2. The minimum absolute atomic E-state index is 0.0696. The summed E-state index contributed by atoms with van der Waals surface area (Å²) in [7, 11) is -3.44. The summed E-state index contributed by atoms with van der Waals surface area (Å²) in [4.78, 5) is 22.3. The van der Waals surface area contributed by atoms with Crippen LogP contribution in [0.25, 0.3) is 0 Å². The lowest BCUT2D eigenvalue weighted by Gasteiger charge is -2.25. The standard InChI is InChI=1S/C17H18FN3O5S/c1-11(10-22)21(17(23)24)20-15-7-6-12(18)8-16(15)19-13-4-3-5-14(9-13)27(2,25)26/h3-11,19-20H,1-2H3,(H,23,24). The first-order chi connectivity index (χ1) is 12.6. The van der Waals surface area contributed by atoms with Crippen molar-refractivity contribution in [3.63, 3.8) is 0 Å². The summed E-state index contributed by atoms with van der Waals surface area (Å²) in [6, 6.07) is 8.42. The number of aldehydes is 1. The molecule has 2 aromatic carbocycles. The molecular weight excluding hydrogens is 377 g/mol. The van der Waals surface area contributed by atoms with E-state index < -0.39 is 27.8 Å². The van der Waals surface area contributed by atoms with Gasteiger partial charge in [-0.1, -0.05) is 6.07 Å². The number of hydrogen-bond acceptors (Lipinski definition) is 6. The molecular formula is C17H18FN3O5S. The highest BCUT2D eigenvalue weighted by Crippen LogP contribution is 2.28. The lowest BCUT2D eigenvalue weighted by Crippen LogP contribution is -2.43. The molecule has 0 aliphatic heterocycles. The first-order valence-electron chi connectivity index (χ1n) is 7.72. The minimum atomic E-state index is -3.44. The lowest BCUT2D eigenvalue weighted by molar-refractivity contribution is -0.111. The third kappa shape index (κ3) is 5.17. The average molecular weight is 395 g/mol. The Bertz CT molecular complexity index is 965. The summed E-state index contributed by atoms with van der Waals surface area (Å²) in [5, 5.41) is 12.8. The van der Waals surface area contributed by atoms with Crippen molar-refractivity contribution in [2.24, 2.45) is 0 Å². The number of sulfone groups is 1. The Morgan fingerprint density at radius 3 is 2.52 bits per heavy atom. The first kappa shape index (κ1) is 20.2. The van der Waals surface area contributed by atoms with Gasteiger partial charge in [0, 0.05) is 11.9 Å². The summed E-state index contributed by atoms with van der Waals surface area (Å²) in [6.07, 6.45) is 0.101. The number of nitrogens with zero attached hydrogens (tertiary/aromatic N) is 1. The number of rotatable bonds is 7. The number of benzene rings is 2. The third-order valence-electron chi connectivity index (χ3n) is 3.57. The Morgan fingerprint density at radius 1 is 1.22 bits per heavy atom. The van der Waals surface area contributed by atoms with Crippen molar-refractivity contribution >= 4 is 39.3 Å². The zero-order valence-corrected chi connectivity index (χ0v) is 15.3. The van der Waals surface area contributed by atoms with Crippen LogP contribution in [0.2, 0.25) is 0 Å². The van der Waals surface area contributed by atoms with Crippen molar-refractivity contribution in [2.75, 3.05) is 17.0 Å². The summed E-state index contributed by atoms with van der Waals surface area (Å²) >= 11 is 0. The van der Waals surface area contributed by atoms with Crippen molar-refractivity contribution in [1.82, 2.24) is 5.01 Å². The molecule has 1 amide bonds. The second-order valence-electron chi connectivity index (χ2n) is 5.76. The fourth-order valence-electron chi connectivity index (χ4n) is 2.19. The predicted octanol–water partition coefficient (Wildman–Crippen LogP) is 2.87. The van der Waals surface area contributed by atoms with Crippen molar-refractivity contribution < 1.29 is 27.5 Å². The van der Waals surface area contributed by atoms with Gasteiger partial charge < -0.3 is 15.2 Å². The molecule has 1 atom stereocenters.